The van der Waals surface area contributed by atoms with Crippen molar-refractivity contribution in [1.29, 1.82) is 0 Å². The molecule has 160 valence electrons. The van der Waals surface area contributed by atoms with Crippen molar-refractivity contribution >= 4 is 16.6 Å². The van der Waals surface area contributed by atoms with E-state index in [0.717, 1.165) is 16.5 Å². The van der Waals surface area contributed by atoms with Gasteiger partial charge in [0.25, 0.3) is 5.56 Å². The van der Waals surface area contributed by atoms with Crippen LogP contribution in [0.1, 0.15) is 11.1 Å². The Kier molecular flexibility index (Phi) is 4.86. The predicted octanol–water partition coefficient (Wildman–Crippen LogP) is 4.88. The van der Waals surface area contributed by atoms with Crippen LogP contribution in [0.5, 0.6) is 11.6 Å². The summed E-state index contributed by atoms with van der Waals surface area (Å²) in [4.78, 5) is 20.7. The van der Waals surface area contributed by atoms with Gasteiger partial charge in [0.1, 0.15) is 29.5 Å². The Morgan fingerprint density at radius 1 is 1.09 bits per heavy atom. The molecule has 0 radical (unpaired) electrons. The van der Waals surface area contributed by atoms with Crippen molar-refractivity contribution in [2.24, 2.45) is 0 Å². The second-order valence-electron chi connectivity index (χ2n) is 7.53. The lowest BCUT2D eigenvalue weighted by atomic mass is 10.1. The first-order valence-corrected chi connectivity index (χ1v) is 10.1. The number of methoxy groups -OCH3 is 1. The number of H-pyrrole nitrogens is 1. The van der Waals surface area contributed by atoms with Gasteiger partial charge in [0.15, 0.2) is 0 Å². The Balaban J connectivity index is 1.65. The third-order valence-corrected chi connectivity index (χ3v) is 5.40. The summed E-state index contributed by atoms with van der Waals surface area (Å²) in [5, 5.41) is 0.846. The van der Waals surface area contributed by atoms with Crippen LogP contribution in [-0.2, 0) is 6.61 Å². The molecule has 32 heavy (non-hydrogen) atoms. The SMILES string of the molecule is COc1ccc2cc(-c3nc4c(C)cccn4c3OCc3ccc(F)cc3)c(=O)[nH]c2c1. The number of aromatic amines is 1. The normalized spacial score (nSPS) is 11.2. The number of halogens is 1. The summed E-state index contributed by atoms with van der Waals surface area (Å²) in [6.45, 7) is 2.16. The van der Waals surface area contributed by atoms with Gasteiger partial charge in [0.2, 0.25) is 5.88 Å². The Hall–Kier alpha value is -4.13. The van der Waals surface area contributed by atoms with E-state index in [0.29, 0.717) is 34.1 Å². The average molecular weight is 429 g/mol. The molecule has 0 aliphatic heterocycles. The second kappa shape index (κ2) is 7.85. The summed E-state index contributed by atoms with van der Waals surface area (Å²) >= 11 is 0. The molecule has 2 aromatic carbocycles. The number of fused-ring (bicyclic) bond motifs is 2. The van der Waals surface area contributed by atoms with Crippen LogP contribution in [0.15, 0.2) is 71.7 Å². The molecule has 0 amide bonds. The molecule has 0 saturated carbocycles. The molecule has 3 aromatic heterocycles. The van der Waals surface area contributed by atoms with E-state index in [9.17, 15) is 9.18 Å². The van der Waals surface area contributed by atoms with Crippen LogP contribution in [0.3, 0.4) is 0 Å². The maximum Gasteiger partial charge on any atom is 0.258 e. The van der Waals surface area contributed by atoms with Crippen molar-refractivity contribution in [3.05, 3.63) is 94.2 Å². The number of rotatable bonds is 5. The second-order valence-corrected chi connectivity index (χ2v) is 7.53. The predicted molar refractivity (Wildman–Crippen MR) is 121 cm³/mol. The van der Waals surface area contributed by atoms with Gasteiger partial charge in [0.05, 0.1) is 18.2 Å². The third-order valence-electron chi connectivity index (χ3n) is 5.40. The van der Waals surface area contributed by atoms with Gasteiger partial charge in [0, 0.05) is 12.3 Å². The number of imidazole rings is 1. The van der Waals surface area contributed by atoms with Crippen molar-refractivity contribution in [1.82, 2.24) is 14.4 Å². The first-order chi connectivity index (χ1) is 15.5. The van der Waals surface area contributed by atoms with Crippen LogP contribution < -0.4 is 15.0 Å². The van der Waals surface area contributed by atoms with E-state index in [4.69, 9.17) is 14.5 Å². The number of pyridine rings is 2. The van der Waals surface area contributed by atoms with Gasteiger partial charge in [-0.1, -0.05) is 18.2 Å². The van der Waals surface area contributed by atoms with Crippen LogP contribution in [0, 0.1) is 12.7 Å². The maximum absolute atomic E-state index is 13.3. The number of nitrogens with one attached hydrogen (secondary N) is 1. The molecule has 3 heterocycles. The summed E-state index contributed by atoms with van der Waals surface area (Å²) in [7, 11) is 1.58. The molecular weight excluding hydrogens is 409 g/mol. The number of hydrogen-bond acceptors (Lipinski definition) is 4. The molecule has 0 atom stereocenters. The molecule has 7 heteroatoms. The number of aryl methyl sites for hydroxylation is 1. The number of nitrogens with zero attached hydrogens (tertiary/aromatic N) is 2. The Morgan fingerprint density at radius 3 is 2.69 bits per heavy atom. The lowest BCUT2D eigenvalue weighted by Gasteiger charge is -2.09. The molecule has 0 aliphatic carbocycles. The number of hydrogen-bond donors (Lipinski definition) is 1. The highest BCUT2D eigenvalue weighted by Crippen LogP contribution is 2.32. The van der Waals surface area contributed by atoms with Crippen LogP contribution in [0.2, 0.25) is 0 Å². The summed E-state index contributed by atoms with van der Waals surface area (Å²) < 4.78 is 26.5. The van der Waals surface area contributed by atoms with Gasteiger partial charge in [-0.05, 0) is 59.8 Å². The minimum Gasteiger partial charge on any atom is -0.497 e. The van der Waals surface area contributed by atoms with Crippen molar-refractivity contribution in [2.45, 2.75) is 13.5 Å². The fraction of sp³-hybridized carbons (Fsp3) is 0.120. The number of aromatic nitrogens is 3. The molecule has 0 aliphatic rings. The fourth-order valence-electron chi connectivity index (χ4n) is 3.71. The average Bonchev–Trinajstić information content (AvgIpc) is 3.17. The molecule has 6 nitrogen and oxygen atoms in total. The van der Waals surface area contributed by atoms with Gasteiger partial charge in [-0.2, -0.15) is 0 Å². The molecule has 0 fully saturated rings. The Labute approximate surface area is 182 Å². The maximum atomic E-state index is 13.3. The van der Waals surface area contributed by atoms with Gasteiger partial charge < -0.3 is 14.5 Å². The van der Waals surface area contributed by atoms with E-state index in [2.05, 4.69) is 4.98 Å². The molecule has 5 aromatic rings. The van der Waals surface area contributed by atoms with E-state index in [-0.39, 0.29) is 18.0 Å². The molecule has 0 unspecified atom stereocenters. The van der Waals surface area contributed by atoms with Gasteiger partial charge in [-0.3, -0.25) is 9.20 Å². The molecule has 1 N–H and O–H groups in total. The number of benzene rings is 2. The quantitative estimate of drug-likeness (QED) is 0.432. The van der Waals surface area contributed by atoms with Crippen LogP contribution in [0.4, 0.5) is 4.39 Å². The monoisotopic (exact) mass is 429 g/mol. The molecule has 0 bridgehead atoms. The van der Waals surface area contributed by atoms with E-state index in [1.54, 1.807) is 31.4 Å². The smallest absolute Gasteiger partial charge is 0.258 e. The minimum absolute atomic E-state index is 0.206. The lowest BCUT2D eigenvalue weighted by Crippen LogP contribution is -2.10. The minimum atomic E-state index is -0.306. The summed E-state index contributed by atoms with van der Waals surface area (Å²) in [6.07, 6.45) is 1.85. The molecule has 5 rings (SSSR count). The largest absolute Gasteiger partial charge is 0.497 e. The fourth-order valence-corrected chi connectivity index (χ4v) is 3.71. The Morgan fingerprint density at radius 2 is 1.91 bits per heavy atom. The van der Waals surface area contributed by atoms with Crippen molar-refractivity contribution < 1.29 is 13.9 Å². The highest BCUT2D eigenvalue weighted by atomic mass is 19.1. The Bertz CT molecular complexity index is 1500. The zero-order chi connectivity index (χ0) is 22.2. The first-order valence-electron chi connectivity index (χ1n) is 10.1. The highest BCUT2D eigenvalue weighted by molar-refractivity contribution is 5.85. The van der Waals surface area contributed by atoms with Crippen molar-refractivity contribution in [3.8, 4) is 22.9 Å². The van der Waals surface area contributed by atoms with Crippen LogP contribution in [-0.4, -0.2) is 21.5 Å². The zero-order valence-corrected chi connectivity index (χ0v) is 17.6. The van der Waals surface area contributed by atoms with Crippen LogP contribution >= 0.6 is 0 Å². The van der Waals surface area contributed by atoms with Gasteiger partial charge in [-0.25, -0.2) is 9.37 Å². The van der Waals surface area contributed by atoms with Gasteiger partial charge in [-0.15, -0.1) is 0 Å². The number of ether oxygens (including phenoxy) is 2. The summed E-state index contributed by atoms with van der Waals surface area (Å²) in [6, 6.07) is 17.3. The molecule has 0 saturated heterocycles. The summed E-state index contributed by atoms with van der Waals surface area (Å²) in [5.41, 5.74) is 3.70. The van der Waals surface area contributed by atoms with E-state index in [1.807, 2.05) is 41.8 Å². The third kappa shape index (κ3) is 3.47. The zero-order valence-electron chi connectivity index (χ0n) is 17.6. The standard InChI is InChI=1S/C25H20FN3O3/c1-15-4-3-11-29-23(15)28-22(25(29)32-14-16-5-8-18(26)9-6-16)20-12-17-7-10-19(31-2)13-21(17)27-24(20)30/h3-13H,14H2,1-2H3,(H,27,30). The van der Waals surface area contributed by atoms with Crippen LogP contribution in [0.25, 0.3) is 27.8 Å². The van der Waals surface area contributed by atoms with E-state index >= 15 is 0 Å². The first kappa shape index (κ1) is 19.8. The van der Waals surface area contributed by atoms with E-state index in [1.165, 1.54) is 12.1 Å². The van der Waals surface area contributed by atoms with E-state index < -0.39 is 0 Å². The topological polar surface area (TPSA) is 68.6 Å². The summed E-state index contributed by atoms with van der Waals surface area (Å²) in [5.74, 6) is 0.804. The molecular formula is C25H20FN3O3. The highest BCUT2D eigenvalue weighted by Gasteiger charge is 2.20. The lowest BCUT2D eigenvalue weighted by molar-refractivity contribution is 0.292. The van der Waals surface area contributed by atoms with Crippen molar-refractivity contribution in [2.75, 3.05) is 7.11 Å². The van der Waals surface area contributed by atoms with Gasteiger partial charge >= 0.3 is 0 Å². The molecule has 0 spiro atoms. The van der Waals surface area contributed by atoms with Crippen molar-refractivity contribution in [3.63, 3.8) is 0 Å².